The summed E-state index contributed by atoms with van der Waals surface area (Å²) in [5, 5.41) is 50.0. The van der Waals surface area contributed by atoms with Crippen molar-refractivity contribution >= 4 is 57.4 Å². The maximum absolute atomic E-state index is 15.9. The molecular weight excluding hydrogens is 1370 g/mol. The van der Waals surface area contributed by atoms with Gasteiger partial charge in [0.05, 0.1) is 65.5 Å². The Morgan fingerprint density at radius 2 is 0.909 bits per heavy atom. The number of rotatable bonds is 29. The number of benzene rings is 6. The molecule has 0 bridgehead atoms. The van der Waals surface area contributed by atoms with Crippen LogP contribution in [0.25, 0.3) is 0 Å². The van der Waals surface area contributed by atoms with Crippen molar-refractivity contribution in [2.45, 2.75) is 157 Å². The maximum Gasteiger partial charge on any atom is 0.338 e. The van der Waals surface area contributed by atoms with Crippen LogP contribution >= 0.6 is 27.5 Å². The quantitative estimate of drug-likeness (QED) is 0.0158. The first-order chi connectivity index (χ1) is 47.7. The first kappa shape index (κ1) is 72.9. The highest BCUT2D eigenvalue weighted by Crippen LogP contribution is 2.44. The fourth-order valence-corrected chi connectivity index (χ4v) is 12.8. The Bertz CT molecular complexity index is 3720. The van der Waals surface area contributed by atoms with E-state index in [-0.39, 0.29) is 65.1 Å². The third-order valence-corrected chi connectivity index (χ3v) is 19.0. The standard InChI is InChI=1S/C72H80BrClFN5O19/c1-40(2)48-19-9-46(10-20-48)37-94-71(95-38-47-13-23-50(74)24-14-47)39-80-65(66(83)84)72(71,99-70(88)60-64(56(32-79-60)93-36-44-15-25-51(75)26-16-44)97-67(85)57-61(81)53(29-76-57)90-33-42-7-5-41(3)6-8-42)98-69(87)59-63(55(31-78-59)92-35-43-11-21-49(73)22-12-43)96-68(86)58-62(82)54(30-77-58)91-34-45-17-27-52(89-4)28-18-45/h5-28,40,53-65,76-82H,29-39H2,1-4H3,(H,83,84)/t53-,54-,55-,56-,57-,58-,59-,60-,61+,62+,63+,64+,65+,71-,72-/m0/s1. The molecule has 6 aromatic carbocycles. The predicted octanol–water partition coefficient (Wildman–Crippen LogP) is 5.73. The van der Waals surface area contributed by atoms with Crippen molar-refractivity contribution in [3.63, 3.8) is 0 Å². The number of carbonyl (C=O) groups is 5. The molecule has 0 amide bonds. The number of methoxy groups -OCH3 is 1. The van der Waals surface area contributed by atoms with E-state index >= 15 is 9.59 Å². The van der Waals surface area contributed by atoms with Crippen LogP contribution in [0.15, 0.2) is 150 Å². The van der Waals surface area contributed by atoms with Gasteiger partial charge in [0.2, 0.25) is 0 Å². The zero-order chi connectivity index (χ0) is 70.0. The minimum Gasteiger partial charge on any atom is -0.497 e. The summed E-state index contributed by atoms with van der Waals surface area (Å²) >= 11 is 9.79. The first-order valence-corrected chi connectivity index (χ1v) is 33.7. The summed E-state index contributed by atoms with van der Waals surface area (Å²) in [5.74, 6) is -12.2. The van der Waals surface area contributed by atoms with E-state index in [2.05, 4.69) is 42.5 Å². The number of carboxylic acids is 1. The molecular formula is C72H80BrClFN5O19. The number of aliphatic carboxylic acids is 1. The van der Waals surface area contributed by atoms with Gasteiger partial charge in [0.15, 0.2) is 18.2 Å². The van der Waals surface area contributed by atoms with Crippen molar-refractivity contribution < 1.29 is 95.8 Å². The third kappa shape index (κ3) is 17.5. The SMILES string of the molecule is COc1ccc(CO[C@H]2CN[C@H](C(=O)O[C@@H]3[C@@H](OCc4ccc(Br)cc4)CN[C@@H]3C(=O)O[C@]3(OC(=O)[C@H]4NC[C@H](OCc5ccc(F)cc5)[C@H]4OC(=O)[C@H]4NC[C@H](OCc5ccc(C)cc5)[C@H]4O)[C@@H](C(=O)O)NC[C@@]3(OCc3ccc(Cl)cc3)OCc3ccc(C(C)C)cc3)[C@@H]2O)cc1. The Morgan fingerprint density at radius 1 is 0.525 bits per heavy atom. The van der Waals surface area contributed by atoms with E-state index in [1.54, 1.807) is 92.0 Å². The summed E-state index contributed by atoms with van der Waals surface area (Å²) in [5.41, 5.74) is 5.79. The van der Waals surface area contributed by atoms with Gasteiger partial charge in [-0.05, 0) is 100 Å². The van der Waals surface area contributed by atoms with Gasteiger partial charge in [-0.2, -0.15) is 0 Å². The number of halogens is 3. The monoisotopic (exact) mass is 1450 g/mol. The van der Waals surface area contributed by atoms with Crippen molar-refractivity contribution in [2.24, 2.45) is 0 Å². The molecule has 11 rings (SSSR count). The second-order valence-corrected chi connectivity index (χ2v) is 26.7. The number of ether oxygens (including phenoxy) is 11. The Hall–Kier alpha value is -7.35. The van der Waals surface area contributed by atoms with Gasteiger partial charge in [-0.3, -0.25) is 50.6 Å². The number of esters is 4. The van der Waals surface area contributed by atoms with Crippen LogP contribution in [0.1, 0.15) is 64.3 Å². The molecule has 5 saturated heterocycles. The number of aliphatic hydroxyl groups is 2. The van der Waals surface area contributed by atoms with Gasteiger partial charge >= 0.3 is 35.6 Å². The Balaban J connectivity index is 0.940. The second kappa shape index (κ2) is 33.0. The Morgan fingerprint density at radius 3 is 1.35 bits per heavy atom. The normalized spacial score (nSPS) is 28.0. The van der Waals surface area contributed by atoms with E-state index in [9.17, 15) is 34.1 Å². The van der Waals surface area contributed by atoms with Crippen molar-refractivity contribution in [3.8, 4) is 5.75 Å². The van der Waals surface area contributed by atoms with E-state index < -0.39 is 139 Å². The number of aliphatic hydroxyl groups excluding tert-OH is 2. The number of nitrogens with one attached hydrogen (secondary N) is 5. The minimum absolute atomic E-state index is 0.0211. The lowest BCUT2D eigenvalue weighted by Gasteiger charge is -2.44. The fraction of sp³-hybridized carbons (Fsp3) is 0.431. The van der Waals surface area contributed by atoms with E-state index in [4.69, 9.17) is 63.7 Å². The molecule has 0 aromatic heterocycles. The average Bonchev–Trinajstić information content (AvgIpc) is 1.57. The predicted molar refractivity (Wildman–Crippen MR) is 357 cm³/mol. The largest absolute Gasteiger partial charge is 0.497 e. The average molecular weight is 1450 g/mol. The first-order valence-electron chi connectivity index (χ1n) is 32.6. The summed E-state index contributed by atoms with van der Waals surface area (Å²) < 4.78 is 84.4. The number of carboxylic acid groups (broad SMARTS) is 1. The number of hydrogen-bond donors (Lipinski definition) is 8. The molecule has 8 N–H and O–H groups in total. The molecule has 5 aliphatic heterocycles. The van der Waals surface area contributed by atoms with Crippen molar-refractivity contribution in [2.75, 3.05) is 39.8 Å². The minimum atomic E-state index is -3.25. The summed E-state index contributed by atoms with van der Waals surface area (Å²) in [4.78, 5) is 75.2. The van der Waals surface area contributed by atoms with Gasteiger partial charge in [-0.15, -0.1) is 0 Å². The van der Waals surface area contributed by atoms with Crippen molar-refractivity contribution in [1.29, 1.82) is 0 Å². The molecule has 0 radical (unpaired) electrons. The second-order valence-electron chi connectivity index (χ2n) is 25.3. The molecule has 5 aliphatic rings. The van der Waals surface area contributed by atoms with Gasteiger partial charge in [0, 0.05) is 35.7 Å². The molecule has 0 unspecified atom stereocenters. The van der Waals surface area contributed by atoms with Gasteiger partial charge in [0.1, 0.15) is 60.1 Å². The molecule has 24 nitrogen and oxygen atoms in total. The molecule has 99 heavy (non-hydrogen) atoms. The highest BCUT2D eigenvalue weighted by molar-refractivity contribution is 9.10. The molecule has 5 heterocycles. The number of hydrogen-bond acceptors (Lipinski definition) is 23. The summed E-state index contributed by atoms with van der Waals surface area (Å²) in [7, 11) is 1.54. The van der Waals surface area contributed by atoms with E-state index in [0.29, 0.717) is 33.0 Å². The maximum atomic E-state index is 15.9. The van der Waals surface area contributed by atoms with Crippen LogP contribution in [-0.2, 0) is 111 Å². The van der Waals surface area contributed by atoms with Crippen LogP contribution in [0.4, 0.5) is 4.39 Å². The van der Waals surface area contributed by atoms with Crippen LogP contribution in [0, 0.1) is 12.7 Å². The third-order valence-electron chi connectivity index (χ3n) is 18.2. The Kier molecular flexibility index (Phi) is 24.3. The van der Waals surface area contributed by atoms with E-state index in [1.165, 1.54) is 24.3 Å². The van der Waals surface area contributed by atoms with Crippen LogP contribution in [-0.4, -0.2) is 176 Å². The zero-order valence-corrected chi connectivity index (χ0v) is 57.1. The van der Waals surface area contributed by atoms with Crippen LogP contribution in [0.3, 0.4) is 0 Å². The molecule has 15 atom stereocenters. The lowest BCUT2D eigenvalue weighted by atomic mass is 9.99. The lowest BCUT2D eigenvalue weighted by molar-refractivity contribution is -0.378. The van der Waals surface area contributed by atoms with Gasteiger partial charge in [-0.25, -0.2) is 4.39 Å². The molecule has 0 saturated carbocycles. The van der Waals surface area contributed by atoms with Gasteiger partial charge in [0.25, 0.3) is 5.79 Å². The fourth-order valence-electron chi connectivity index (χ4n) is 12.4. The Labute approximate surface area is 584 Å². The highest BCUT2D eigenvalue weighted by Gasteiger charge is 2.73. The summed E-state index contributed by atoms with van der Waals surface area (Å²) in [6.45, 7) is 4.10. The molecule has 6 aromatic rings. The zero-order valence-electron chi connectivity index (χ0n) is 54.7. The number of carbonyl (C=O) groups excluding carboxylic acids is 4. The lowest BCUT2D eigenvalue weighted by Crippen LogP contribution is -2.68. The van der Waals surface area contributed by atoms with Gasteiger partial charge in [-0.1, -0.05) is 144 Å². The molecule has 528 valence electrons. The summed E-state index contributed by atoms with van der Waals surface area (Å²) in [6.07, 6.45) is -10.3. The van der Waals surface area contributed by atoms with E-state index in [1.807, 2.05) is 57.2 Å². The molecule has 5 fully saturated rings. The highest BCUT2D eigenvalue weighted by atomic mass is 79.9. The molecule has 0 aliphatic carbocycles. The van der Waals surface area contributed by atoms with Crippen LogP contribution in [0.5, 0.6) is 5.75 Å². The molecule has 0 spiro atoms. The molecule has 27 heteroatoms. The smallest absolute Gasteiger partial charge is 0.338 e. The number of aryl methyl sites for hydroxylation is 1. The van der Waals surface area contributed by atoms with E-state index in [0.717, 1.165) is 26.7 Å². The van der Waals surface area contributed by atoms with Crippen molar-refractivity contribution in [1.82, 2.24) is 26.6 Å². The van der Waals surface area contributed by atoms with Gasteiger partial charge < -0.3 is 67.4 Å². The topological polar surface area (TPSA) is 308 Å². The van der Waals surface area contributed by atoms with Crippen LogP contribution in [0.2, 0.25) is 5.02 Å². The van der Waals surface area contributed by atoms with Crippen molar-refractivity contribution in [3.05, 3.63) is 205 Å². The summed E-state index contributed by atoms with van der Waals surface area (Å²) in [6, 6.07) is 32.4. The van der Waals surface area contributed by atoms with Crippen LogP contribution < -0.4 is 31.3 Å².